The normalized spacial score (nSPS) is 26.2. The number of esters is 1. The van der Waals surface area contributed by atoms with Crippen LogP contribution in [0.4, 0.5) is 0 Å². The highest BCUT2D eigenvalue weighted by Gasteiger charge is 2.28. The predicted molar refractivity (Wildman–Crippen MR) is 53.0 cm³/mol. The summed E-state index contributed by atoms with van der Waals surface area (Å²) in [6.45, 7) is 0.552. The molecule has 0 aliphatic carbocycles. The predicted octanol–water partition coefficient (Wildman–Crippen LogP) is 0.565. The van der Waals surface area contributed by atoms with Crippen LogP contribution in [-0.2, 0) is 14.3 Å². The maximum Gasteiger partial charge on any atom is 0.323 e. The van der Waals surface area contributed by atoms with E-state index in [0.29, 0.717) is 13.0 Å². The molecular weight excluding hydrogens is 196 g/mol. The fourth-order valence-electron chi connectivity index (χ4n) is 1.63. The van der Waals surface area contributed by atoms with Crippen molar-refractivity contribution < 1.29 is 14.3 Å². The lowest BCUT2D eigenvalue weighted by molar-refractivity contribution is -0.148. The fourth-order valence-corrected chi connectivity index (χ4v) is 1.63. The van der Waals surface area contributed by atoms with E-state index in [1.165, 1.54) is 7.11 Å². The zero-order chi connectivity index (χ0) is 10.7. The molecule has 0 saturated carbocycles. The van der Waals surface area contributed by atoms with Gasteiger partial charge in [-0.25, -0.2) is 0 Å². The van der Waals surface area contributed by atoms with Crippen molar-refractivity contribution in [3.63, 3.8) is 0 Å². The van der Waals surface area contributed by atoms with Gasteiger partial charge in [0, 0.05) is 6.20 Å². The molecule has 0 unspecified atom stereocenters. The molecule has 0 radical (unpaired) electrons. The molecule has 15 heavy (non-hydrogen) atoms. The van der Waals surface area contributed by atoms with E-state index in [2.05, 4.69) is 15.0 Å². The third-order valence-corrected chi connectivity index (χ3v) is 2.43. The summed E-state index contributed by atoms with van der Waals surface area (Å²) in [5.41, 5.74) is 0.920. The Bertz CT molecular complexity index is 323. The van der Waals surface area contributed by atoms with Gasteiger partial charge < -0.3 is 14.5 Å². The first kappa shape index (κ1) is 10.2. The van der Waals surface area contributed by atoms with Crippen LogP contribution < -0.4 is 5.32 Å². The first-order valence-electron chi connectivity index (χ1n) is 4.90. The van der Waals surface area contributed by atoms with Crippen LogP contribution in [0.25, 0.3) is 0 Å². The summed E-state index contributed by atoms with van der Waals surface area (Å²) < 4.78 is 10.2. The van der Waals surface area contributed by atoms with E-state index < -0.39 is 0 Å². The molecule has 1 aliphatic heterocycles. The van der Waals surface area contributed by atoms with Crippen molar-refractivity contribution in [2.24, 2.45) is 0 Å². The second kappa shape index (κ2) is 4.46. The molecule has 0 spiro atoms. The Morgan fingerprint density at radius 2 is 2.53 bits per heavy atom. The first-order chi connectivity index (χ1) is 7.31. The number of carbonyl (C=O) groups is 1. The van der Waals surface area contributed by atoms with Crippen molar-refractivity contribution in [1.29, 1.82) is 0 Å². The van der Waals surface area contributed by atoms with Crippen molar-refractivity contribution in [3.8, 4) is 0 Å². The Labute approximate surface area is 87.8 Å². The van der Waals surface area contributed by atoms with Gasteiger partial charge >= 0.3 is 5.97 Å². The molecular formula is C10H14N2O3. The summed E-state index contributed by atoms with van der Waals surface area (Å²) in [6, 6.07) is 3.52. The third-order valence-electron chi connectivity index (χ3n) is 2.43. The maximum absolute atomic E-state index is 11.3. The molecule has 1 aromatic heterocycles. The van der Waals surface area contributed by atoms with Gasteiger partial charge in [-0.2, -0.15) is 0 Å². The number of hydrogen-bond donors (Lipinski definition) is 2. The van der Waals surface area contributed by atoms with Crippen LogP contribution in [0, 0.1) is 0 Å². The molecule has 2 heterocycles. The van der Waals surface area contributed by atoms with Crippen LogP contribution in [-0.4, -0.2) is 30.7 Å². The van der Waals surface area contributed by atoms with E-state index >= 15 is 0 Å². The molecule has 2 N–H and O–H groups in total. The molecule has 1 saturated heterocycles. The fraction of sp³-hybridized carbons (Fsp3) is 0.500. The number of nitrogens with one attached hydrogen (secondary N) is 2. The Morgan fingerprint density at radius 1 is 1.67 bits per heavy atom. The minimum Gasteiger partial charge on any atom is -0.468 e. The van der Waals surface area contributed by atoms with E-state index in [-0.39, 0.29) is 18.2 Å². The Balaban J connectivity index is 2.01. The number of carbonyl (C=O) groups excluding carboxylic acids is 1. The minimum atomic E-state index is -0.281. The molecule has 2 rings (SSSR count). The zero-order valence-corrected chi connectivity index (χ0v) is 8.53. The van der Waals surface area contributed by atoms with Gasteiger partial charge in [-0.05, 0) is 18.6 Å². The van der Waals surface area contributed by atoms with E-state index in [1.54, 1.807) is 0 Å². The Morgan fingerprint density at radius 3 is 3.20 bits per heavy atom. The number of H-pyrrole nitrogens is 1. The van der Waals surface area contributed by atoms with Gasteiger partial charge in [0.2, 0.25) is 0 Å². The van der Waals surface area contributed by atoms with Gasteiger partial charge in [-0.15, -0.1) is 0 Å². The number of hydrogen-bond acceptors (Lipinski definition) is 4. The zero-order valence-electron chi connectivity index (χ0n) is 8.53. The van der Waals surface area contributed by atoms with E-state index in [4.69, 9.17) is 4.74 Å². The highest BCUT2D eigenvalue weighted by Crippen LogP contribution is 2.18. The molecule has 1 aliphatic rings. The summed E-state index contributed by atoms with van der Waals surface area (Å²) in [5, 5.41) is 3.08. The van der Waals surface area contributed by atoms with Crippen molar-refractivity contribution in [2.75, 3.05) is 13.7 Å². The standard InChI is InChI=1S/C10H14N2O3/c1-14-10(13)8-4-6-15-9(12-8)7-3-2-5-11-7/h2-3,5,8-9,11-12H,4,6H2,1H3/t8-,9+/m0/s1. The average Bonchev–Trinajstić information content (AvgIpc) is 2.82. The summed E-state index contributed by atoms with van der Waals surface area (Å²) in [5.74, 6) is -0.241. The molecule has 5 heteroatoms. The van der Waals surface area contributed by atoms with Gasteiger partial charge in [0.15, 0.2) is 0 Å². The maximum atomic E-state index is 11.3. The smallest absolute Gasteiger partial charge is 0.323 e. The molecule has 0 amide bonds. The van der Waals surface area contributed by atoms with Crippen LogP contribution in [0.1, 0.15) is 18.3 Å². The quantitative estimate of drug-likeness (QED) is 0.700. The average molecular weight is 210 g/mol. The van der Waals surface area contributed by atoms with Crippen molar-refractivity contribution in [1.82, 2.24) is 10.3 Å². The van der Waals surface area contributed by atoms with Gasteiger partial charge in [0.05, 0.1) is 19.4 Å². The lowest BCUT2D eigenvalue weighted by atomic mass is 10.1. The number of ether oxygens (including phenoxy) is 2. The molecule has 0 aromatic carbocycles. The molecule has 2 atom stereocenters. The van der Waals surface area contributed by atoms with Crippen LogP contribution in [0.2, 0.25) is 0 Å². The van der Waals surface area contributed by atoms with Crippen LogP contribution in [0.3, 0.4) is 0 Å². The number of rotatable bonds is 2. The largest absolute Gasteiger partial charge is 0.468 e. The number of methoxy groups -OCH3 is 1. The lowest BCUT2D eigenvalue weighted by Crippen LogP contribution is -2.45. The second-order valence-corrected chi connectivity index (χ2v) is 3.41. The SMILES string of the molecule is COC(=O)[C@@H]1CCO[C@H](c2ccc[nH]2)N1. The first-order valence-corrected chi connectivity index (χ1v) is 4.90. The van der Waals surface area contributed by atoms with Crippen LogP contribution >= 0.6 is 0 Å². The summed E-state index contributed by atoms with van der Waals surface area (Å²) in [6.07, 6.45) is 2.21. The highest BCUT2D eigenvalue weighted by molar-refractivity contribution is 5.75. The summed E-state index contributed by atoms with van der Waals surface area (Å²) >= 11 is 0. The molecule has 1 fully saturated rings. The van der Waals surface area contributed by atoms with Crippen molar-refractivity contribution in [2.45, 2.75) is 18.7 Å². The Kier molecular flexibility index (Phi) is 3.03. The van der Waals surface area contributed by atoms with Gasteiger partial charge in [-0.1, -0.05) is 0 Å². The Hall–Kier alpha value is -1.33. The van der Waals surface area contributed by atoms with Gasteiger partial charge in [0.1, 0.15) is 12.3 Å². The number of aromatic amines is 1. The minimum absolute atomic E-state index is 0.241. The van der Waals surface area contributed by atoms with E-state index in [0.717, 1.165) is 5.69 Å². The van der Waals surface area contributed by atoms with E-state index in [9.17, 15) is 4.79 Å². The topological polar surface area (TPSA) is 63.4 Å². The van der Waals surface area contributed by atoms with E-state index in [1.807, 2.05) is 18.3 Å². The molecule has 0 bridgehead atoms. The molecule has 82 valence electrons. The monoisotopic (exact) mass is 210 g/mol. The molecule has 5 nitrogen and oxygen atoms in total. The van der Waals surface area contributed by atoms with Crippen LogP contribution in [0.15, 0.2) is 18.3 Å². The van der Waals surface area contributed by atoms with Crippen LogP contribution in [0.5, 0.6) is 0 Å². The van der Waals surface area contributed by atoms with Gasteiger partial charge in [0.25, 0.3) is 0 Å². The molecule has 1 aromatic rings. The van der Waals surface area contributed by atoms with Gasteiger partial charge in [-0.3, -0.25) is 10.1 Å². The van der Waals surface area contributed by atoms with Crippen molar-refractivity contribution in [3.05, 3.63) is 24.0 Å². The summed E-state index contributed by atoms with van der Waals surface area (Å²) in [7, 11) is 1.39. The highest BCUT2D eigenvalue weighted by atomic mass is 16.5. The van der Waals surface area contributed by atoms with Crippen molar-refractivity contribution >= 4 is 5.97 Å². The second-order valence-electron chi connectivity index (χ2n) is 3.41. The third kappa shape index (κ3) is 2.19. The number of aromatic nitrogens is 1. The summed E-state index contributed by atoms with van der Waals surface area (Å²) in [4.78, 5) is 14.4. The lowest BCUT2D eigenvalue weighted by Gasteiger charge is -2.29.